The lowest BCUT2D eigenvalue weighted by atomic mass is 9.94. The topological polar surface area (TPSA) is 37.4 Å². The predicted molar refractivity (Wildman–Crippen MR) is 141 cm³/mol. The van der Waals surface area contributed by atoms with Crippen LogP contribution in [-0.4, -0.2) is 18.1 Å². The van der Waals surface area contributed by atoms with E-state index in [1.807, 2.05) is 49.4 Å². The molecule has 0 fully saturated rings. The second kappa shape index (κ2) is 8.75. The first-order valence-electron chi connectivity index (χ1n) is 11.8. The van der Waals surface area contributed by atoms with Crippen LogP contribution in [0.1, 0.15) is 37.5 Å². The van der Waals surface area contributed by atoms with E-state index < -0.39 is 11.6 Å². The van der Waals surface area contributed by atoms with Crippen LogP contribution in [-0.2, 0) is 16.0 Å². The highest BCUT2D eigenvalue weighted by molar-refractivity contribution is 6.54. The Morgan fingerprint density at radius 2 is 1.59 bits per heavy atom. The molecule has 5 rings (SSSR count). The molecular formula is C31H27NO2. The van der Waals surface area contributed by atoms with Crippen LogP contribution in [0.15, 0.2) is 95.2 Å². The van der Waals surface area contributed by atoms with Gasteiger partial charge in [0.1, 0.15) is 0 Å². The number of benzene rings is 3. The van der Waals surface area contributed by atoms with Crippen LogP contribution < -0.4 is 4.90 Å². The number of para-hydroxylation sites is 1. The van der Waals surface area contributed by atoms with Gasteiger partial charge in [-0.25, -0.2) is 0 Å². The summed E-state index contributed by atoms with van der Waals surface area (Å²) >= 11 is 0. The standard InChI is InChI=1S/C31H27NO2/c1-4-25-23(15-14-21-10-6-8-12-26(21)25)18-27-20(3)28(31(34)30(27)33)19-24-17-16-22-11-7-9-13-29(22)32(24)5-2/h6-19H,4-5H2,1-3H3. The van der Waals surface area contributed by atoms with Gasteiger partial charge in [0, 0.05) is 29.1 Å². The number of hydrogen-bond donors (Lipinski definition) is 0. The van der Waals surface area contributed by atoms with Crippen molar-refractivity contribution in [1.82, 2.24) is 0 Å². The van der Waals surface area contributed by atoms with Gasteiger partial charge in [-0.2, -0.15) is 0 Å². The molecule has 1 heterocycles. The van der Waals surface area contributed by atoms with E-state index in [-0.39, 0.29) is 0 Å². The van der Waals surface area contributed by atoms with Crippen LogP contribution in [0.5, 0.6) is 0 Å². The Morgan fingerprint density at radius 1 is 0.824 bits per heavy atom. The van der Waals surface area contributed by atoms with Gasteiger partial charge in [-0.05, 0) is 77.6 Å². The summed E-state index contributed by atoms with van der Waals surface area (Å²) in [5.41, 5.74) is 7.05. The van der Waals surface area contributed by atoms with Crippen LogP contribution in [0.25, 0.3) is 22.9 Å². The number of rotatable bonds is 4. The van der Waals surface area contributed by atoms with Crippen LogP contribution >= 0.6 is 0 Å². The van der Waals surface area contributed by atoms with E-state index >= 15 is 0 Å². The minimum absolute atomic E-state index is 0.428. The van der Waals surface area contributed by atoms with Crippen molar-refractivity contribution in [2.75, 3.05) is 11.4 Å². The summed E-state index contributed by atoms with van der Waals surface area (Å²) in [5, 5.41) is 2.36. The molecular weight excluding hydrogens is 418 g/mol. The molecule has 3 aromatic rings. The monoisotopic (exact) mass is 445 g/mol. The smallest absolute Gasteiger partial charge is 0.233 e. The summed E-state index contributed by atoms with van der Waals surface area (Å²) in [6, 6.07) is 20.6. The number of carbonyl (C=O) groups is 2. The lowest BCUT2D eigenvalue weighted by molar-refractivity contribution is -0.131. The normalized spacial score (nSPS) is 18.0. The lowest BCUT2D eigenvalue weighted by Crippen LogP contribution is -2.24. The first-order valence-corrected chi connectivity index (χ1v) is 11.8. The maximum absolute atomic E-state index is 13.1. The molecule has 2 aliphatic rings. The molecule has 0 radical (unpaired) electrons. The quantitative estimate of drug-likeness (QED) is 0.332. The van der Waals surface area contributed by atoms with Crippen LogP contribution in [0, 0.1) is 0 Å². The summed E-state index contributed by atoms with van der Waals surface area (Å²) in [5.74, 6) is -0.860. The summed E-state index contributed by atoms with van der Waals surface area (Å²) < 4.78 is 0. The Morgan fingerprint density at radius 3 is 2.38 bits per heavy atom. The van der Waals surface area contributed by atoms with Crippen LogP contribution in [0.2, 0.25) is 0 Å². The number of allylic oxidation sites excluding steroid dienone is 5. The molecule has 0 saturated carbocycles. The Bertz CT molecular complexity index is 1470. The third-order valence-corrected chi connectivity index (χ3v) is 6.82. The van der Waals surface area contributed by atoms with E-state index in [0.29, 0.717) is 11.1 Å². The van der Waals surface area contributed by atoms with Crippen molar-refractivity contribution in [1.29, 1.82) is 0 Å². The fourth-order valence-electron chi connectivity index (χ4n) is 5.02. The van der Waals surface area contributed by atoms with Gasteiger partial charge in [-0.3, -0.25) is 9.59 Å². The SMILES string of the molecule is CCc1c(C=C2C(=O)C(=O)C(C=C3C=Cc4ccccc4N3CC)=C2C)ccc2ccccc12. The van der Waals surface area contributed by atoms with Crippen molar-refractivity contribution in [2.24, 2.45) is 0 Å². The maximum Gasteiger partial charge on any atom is 0.233 e. The van der Waals surface area contributed by atoms with Crippen molar-refractivity contribution in [3.8, 4) is 0 Å². The Kier molecular flexibility index (Phi) is 5.62. The second-order valence-corrected chi connectivity index (χ2v) is 8.67. The second-order valence-electron chi connectivity index (χ2n) is 8.67. The molecule has 0 unspecified atom stereocenters. The summed E-state index contributed by atoms with van der Waals surface area (Å²) in [6.45, 7) is 6.85. The molecule has 168 valence electrons. The van der Waals surface area contributed by atoms with E-state index in [9.17, 15) is 9.59 Å². The van der Waals surface area contributed by atoms with E-state index in [1.54, 1.807) is 0 Å². The first-order chi connectivity index (χ1) is 16.5. The van der Waals surface area contributed by atoms with E-state index in [2.05, 4.69) is 61.2 Å². The minimum Gasteiger partial charge on any atom is -0.341 e. The van der Waals surface area contributed by atoms with Crippen molar-refractivity contribution in [3.05, 3.63) is 112 Å². The molecule has 0 bridgehead atoms. The molecule has 0 spiro atoms. The highest BCUT2D eigenvalue weighted by atomic mass is 16.2. The van der Waals surface area contributed by atoms with Gasteiger partial charge in [-0.15, -0.1) is 0 Å². The fraction of sp³-hybridized carbons (Fsp3) is 0.161. The van der Waals surface area contributed by atoms with E-state index in [0.717, 1.165) is 41.1 Å². The molecule has 1 aliphatic carbocycles. The number of likely N-dealkylation sites (N-methyl/N-ethyl adjacent to an activating group) is 1. The minimum atomic E-state index is -0.432. The predicted octanol–water partition coefficient (Wildman–Crippen LogP) is 6.69. The van der Waals surface area contributed by atoms with Crippen molar-refractivity contribution in [2.45, 2.75) is 27.2 Å². The molecule has 0 amide bonds. The third-order valence-electron chi connectivity index (χ3n) is 6.82. The Hall–Kier alpha value is -3.98. The number of Topliss-reactive ketones (excluding diaryl/α,β-unsaturated/α-hetero) is 2. The fourth-order valence-corrected chi connectivity index (χ4v) is 5.02. The van der Waals surface area contributed by atoms with Gasteiger partial charge in [-0.1, -0.05) is 67.6 Å². The van der Waals surface area contributed by atoms with Gasteiger partial charge < -0.3 is 4.90 Å². The van der Waals surface area contributed by atoms with Gasteiger partial charge in [0.15, 0.2) is 0 Å². The zero-order valence-electron chi connectivity index (χ0n) is 19.8. The molecule has 3 heteroatoms. The number of carbonyl (C=O) groups excluding carboxylic acids is 2. The van der Waals surface area contributed by atoms with Crippen LogP contribution in [0.4, 0.5) is 5.69 Å². The largest absolute Gasteiger partial charge is 0.341 e. The Balaban J connectivity index is 1.60. The molecule has 0 saturated heterocycles. The van der Waals surface area contributed by atoms with E-state index in [1.165, 1.54) is 16.3 Å². The van der Waals surface area contributed by atoms with Gasteiger partial charge in [0.25, 0.3) is 0 Å². The number of hydrogen-bond acceptors (Lipinski definition) is 3. The lowest BCUT2D eigenvalue weighted by Gasteiger charge is -2.29. The highest BCUT2D eigenvalue weighted by Gasteiger charge is 2.33. The average Bonchev–Trinajstić information content (AvgIpc) is 3.06. The number of nitrogens with zero attached hydrogens (tertiary/aromatic N) is 1. The average molecular weight is 446 g/mol. The molecule has 3 aromatic carbocycles. The van der Waals surface area contributed by atoms with Crippen molar-refractivity contribution in [3.63, 3.8) is 0 Å². The highest BCUT2D eigenvalue weighted by Crippen LogP contribution is 2.35. The molecule has 0 aromatic heterocycles. The molecule has 3 nitrogen and oxygen atoms in total. The number of ketones is 2. The van der Waals surface area contributed by atoms with Crippen molar-refractivity contribution < 1.29 is 9.59 Å². The van der Waals surface area contributed by atoms with Gasteiger partial charge >= 0.3 is 0 Å². The number of anilines is 1. The Labute approximate surface area is 200 Å². The number of fused-ring (bicyclic) bond motifs is 2. The molecule has 34 heavy (non-hydrogen) atoms. The van der Waals surface area contributed by atoms with Crippen LogP contribution in [0.3, 0.4) is 0 Å². The number of aryl methyl sites for hydroxylation is 1. The zero-order chi connectivity index (χ0) is 23.8. The van der Waals surface area contributed by atoms with Crippen molar-refractivity contribution >= 4 is 40.2 Å². The third kappa shape index (κ3) is 3.54. The summed E-state index contributed by atoms with van der Waals surface area (Å²) in [6.07, 6.45) is 8.69. The summed E-state index contributed by atoms with van der Waals surface area (Å²) in [4.78, 5) is 28.3. The van der Waals surface area contributed by atoms with Gasteiger partial charge in [0.2, 0.25) is 11.6 Å². The van der Waals surface area contributed by atoms with E-state index in [4.69, 9.17) is 0 Å². The zero-order valence-corrected chi connectivity index (χ0v) is 19.8. The maximum atomic E-state index is 13.1. The molecule has 0 atom stereocenters. The first kappa shape index (κ1) is 21.8. The molecule has 0 N–H and O–H groups in total. The summed E-state index contributed by atoms with van der Waals surface area (Å²) in [7, 11) is 0. The molecule has 1 aliphatic heterocycles. The van der Waals surface area contributed by atoms with Gasteiger partial charge in [0.05, 0.1) is 0 Å².